The Morgan fingerprint density at radius 3 is 2.79 bits per heavy atom. The van der Waals surface area contributed by atoms with Gasteiger partial charge in [0.2, 0.25) is 0 Å². The molecule has 174 valence electrons. The number of halogens is 2. The van der Waals surface area contributed by atoms with E-state index < -0.39 is 23.3 Å². The number of aromatic amines is 1. The Morgan fingerprint density at radius 2 is 2.06 bits per heavy atom. The molecule has 1 aliphatic rings. The quantitative estimate of drug-likeness (QED) is 0.188. The van der Waals surface area contributed by atoms with Gasteiger partial charge in [0.05, 0.1) is 12.7 Å². The first-order valence-corrected chi connectivity index (χ1v) is 11.2. The van der Waals surface area contributed by atoms with Crippen LogP contribution in [0.25, 0.3) is 11.2 Å². The lowest BCUT2D eigenvalue weighted by Crippen LogP contribution is -2.25. The molecule has 0 bridgehead atoms. The molecule has 9 nitrogen and oxygen atoms in total. The number of aliphatic hydroxyl groups is 2. The molecule has 1 aromatic carbocycles. The van der Waals surface area contributed by atoms with Crippen LogP contribution in [0.15, 0.2) is 40.3 Å². The van der Waals surface area contributed by atoms with E-state index in [1.165, 1.54) is 12.1 Å². The Balaban J connectivity index is 1.67. The molecule has 0 aliphatic heterocycles. The summed E-state index contributed by atoms with van der Waals surface area (Å²) < 4.78 is 27.5. The molecule has 0 amide bonds. The Hall–Kier alpha value is -3.09. The van der Waals surface area contributed by atoms with Crippen LogP contribution in [0.2, 0.25) is 0 Å². The summed E-state index contributed by atoms with van der Waals surface area (Å²) in [5, 5.41) is 25.3. The van der Waals surface area contributed by atoms with Crippen molar-refractivity contribution in [2.45, 2.75) is 42.4 Å². The third kappa shape index (κ3) is 5.29. The van der Waals surface area contributed by atoms with Gasteiger partial charge < -0.3 is 25.8 Å². The fraction of sp³-hybridized carbons (Fsp3) is 0.333. The number of nitrogens with zero attached hydrogens (tertiary/aromatic N) is 3. The van der Waals surface area contributed by atoms with Gasteiger partial charge >= 0.3 is 0 Å². The highest BCUT2D eigenvalue weighted by Crippen LogP contribution is 2.27. The van der Waals surface area contributed by atoms with Crippen molar-refractivity contribution in [3.63, 3.8) is 0 Å². The minimum Gasteiger partial charge on any atom is -0.394 e. The zero-order valence-corrected chi connectivity index (χ0v) is 18.4. The summed E-state index contributed by atoms with van der Waals surface area (Å²) in [7, 11) is 0. The highest BCUT2D eigenvalue weighted by molar-refractivity contribution is 7.98. The maximum absolute atomic E-state index is 14.0. The smallest absolute Gasteiger partial charge is 0.292 e. The average molecular weight is 477 g/mol. The van der Waals surface area contributed by atoms with Crippen molar-refractivity contribution in [3.05, 3.63) is 57.9 Å². The van der Waals surface area contributed by atoms with Gasteiger partial charge in [0.15, 0.2) is 39.6 Å². The molecule has 2 aromatic heterocycles. The summed E-state index contributed by atoms with van der Waals surface area (Å²) in [6.45, 7) is 1.56. The number of hydrogen-bond acceptors (Lipinski definition) is 9. The van der Waals surface area contributed by atoms with Gasteiger partial charge in [0.1, 0.15) is 0 Å². The van der Waals surface area contributed by atoms with E-state index in [1.807, 2.05) is 0 Å². The van der Waals surface area contributed by atoms with Crippen molar-refractivity contribution in [2.24, 2.45) is 0 Å². The van der Waals surface area contributed by atoms with E-state index in [0.29, 0.717) is 6.42 Å². The number of aromatic nitrogens is 4. The minimum absolute atomic E-state index is 0.0387. The van der Waals surface area contributed by atoms with Crippen LogP contribution < -0.4 is 16.2 Å². The van der Waals surface area contributed by atoms with Crippen LogP contribution in [0.5, 0.6) is 0 Å². The van der Waals surface area contributed by atoms with Crippen LogP contribution in [0, 0.1) is 11.6 Å². The highest BCUT2D eigenvalue weighted by Gasteiger charge is 2.20. The van der Waals surface area contributed by atoms with Crippen LogP contribution in [-0.4, -0.2) is 54.9 Å². The van der Waals surface area contributed by atoms with E-state index >= 15 is 0 Å². The number of thioether (sulfide) groups is 1. The minimum atomic E-state index is -0.940. The standard InChI is InChI=1S/C21H22F2N6O3S/c1-10(8-30)24-17-16-18(27-20(32)19(26-16)25-12-5-6-13(31)7-12)29-21(28-17)33-9-11-3-2-4-14(22)15(11)23/h2-6,10,12-13,30-31H,7-9H2,1H3,(H,25,26)(H2,24,27,28,29,32)/t10-,12-,13+/m1/s1. The highest BCUT2D eigenvalue weighted by atomic mass is 32.2. The van der Waals surface area contributed by atoms with Gasteiger partial charge in [-0.25, -0.2) is 23.7 Å². The second-order valence-electron chi connectivity index (χ2n) is 7.63. The number of hydrogen-bond donors (Lipinski definition) is 5. The number of fused-ring (bicyclic) bond motifs is 1. The van der Waals surface area contributed by atoms with Crippen LogP contribution in [-0.2, 0) is 5.75 Å². The van der Waals surface area contributed by atoms with Gasteiger partial charge in [0, 0.05) is 29.8 Å². The molecule has 33 heavy (non-hydrogen) atoms. The molecule has 0 fully saturated rings. The average Bonchev–Trinajstić information content (AvgIpc) is 3.20. The second-order valence-corrected chi connectivity index (χ2v) is 8.58. The molecule has 1 aliphatic carbocycles. The van der Waals surface area contributed by atoms with Crippen LogP contribution in [0.4, 0.5) is 20.4 Å². The summed E-state index contributed by atoms with van der Waals surface area (Å²) in [6.07, 6.45) is 3.21. The largest absolute Gasteiger partial charge is 0.394 e. The van der Waals surface area contributed by atoms with E-state index in [4.69, 9.17) is 0 Å². The molecule has 3 atom stereocenters. The molecule has 5 N–H and O–H groups in total. The summed E-state index contributed by atoms with van der Waals surface area (Å²) in [4.78, 5) is 28.4. The first kappa shape index (κ1) is 23.1. The van der Waals surface area contributed by atoms with Crippen LogP contribution >= 0.6 is 11.8 Å². The number of anilines is 2. The predicted octanol–water partition coefficient (Wildman–Crippen LogP) is 2.18. The third-order valence-corrected chi connectivity index (χ3v) is 5.86. The van der Waals surface area contributed by atoms with E-state index in [0.717, 1.165) is 17.8 Å². The fourth-order valence-corrected chi connectivity index (χ4v) is 4.08. The van der Waals surface area contributed by atoms with Crippen molar-refractivity contribution in [3.8, 4) is 0 Å². The Labute approximate surface area is 191 Å². The Kier molecular flexibility index (Phi) is 6.86. The zero-order chi connectivity index (χ0) is 23.5. The molecule has 4 rings (SSSR count). The second kappa shape index (κ2) is 9.81. The first-order valence-electron chi connectivity index (χ1n) is 10.2. The Bertz CT molecular complexity index is 1250. The molecule has 2 heterocycles. The number of nitrogens with one attached hydrogen (secondary N) is 3. The van der Waals surface area contributed by atoms with Gasteiger partial charge in [-0.3, -0.25) is 4.79 Å². The van der Waals surface area contributed by atoms with E-state index in [9.17, 15) is 23.8 Å². The number of H-pyrrole nitrogens is 1. The zero-order valence-electron chi connectivity index (χ0n) is 17.5. The lowest BCUT2D eigenvalue weighted by atomic mass is 10.2. The van der Waals surface area contributed by atoms with Crippen molar-refractivity contribution in [1.82, 2.24) is 19.9 Å². The van der Waals surface area contributed by atoms with Gasteiger partial charge in [-0.05, 0) is 13.0 Å². The van der Waals surface area contributed by atoms with Gasteiger partial charge in [0.25, 0.3) is 5.56 Å². The summed E-state index contributed by atoms with van der Waals surface area (Å²) in [5.74, 6) is -1.50. The molecule has 0 unspecified atom stereocenters. The lowest BCUT2D eigenvalue weighted by Gasteiger charge is -2.16. The number of rotatable bonds is 8. The summed E-state index contributed by atoms with van der Waals surface area (Å²) in [6, 6.07) is 3.29. The predicted molar refractivity (Wildman–Crippen MR) is 121 cm³/mol. The first-order chi connectivity index (χ1) is 15.8. The molecule has 0 saturated carbocycles. The van der Waals surface area contributed by atoms with Crippen LogP contribution in [0.1, 0.15) is 18.9 Å². The molecule has 0 radical (unpaired) electrons. The number of benzene rings is 1. The maximum Gasteiger partial charge on any atom is 0.292 e. The van der Waals surface area contributed by atoms with Crippen molar-refractivity contribution >= 4 is 34.6 Å². The summed E-state index contributed by atoms with van der Waals surface area (Å²) >= 11 is 1.06. The van der Waals surface area contributed by atoms with E-state index in [2.05, 4.69) is 30.6 Å². The molecule has 0 spiro atoms. The van der Waals surface area contributed by atoms with E-state index in [-0.39, 0.29) is 58.0 Å². The van der Waals surface area contributed by atoms with Gasteiger partial charge in [-0.1, -0.05) is 36.0 Å². The Morgan fingerprint density at radius 1 is 1.24 bits per heavy atom. The molecular formula is C21H22F2N6O3S. The monoisotopic (exact) mass is 476 g/mol. The van der Waals surface area contributed by atoms with Gasteiger partial charge in [-0.15, -0.1) is 0 Å². The lowest BCUT2D eigenvalue weighted by molar-refractivity contribution is 0.220. The van der Waals surface area contributed by atoms with Crippen molar-refractivity contribution in [1.29, 1.82) is 0 Å². The number of aliphatic hydroxyl groups excluding tert-OH is 2. The third-order valence-electron chi connectivity index (χ3n) is 4.96. The van der Waals surface area contributed by atoms with Crippen molar-refractivity contribution < 1.29 is 19.0 Å². The fourth-order valence-electron chi connectivity index (χ4n) is 3.26. The van der Waals surface area contributed by atoms with Crippen molar-refractivity contribution in [2.75, 3.05) is 17.2 Å². The molecule has 0 saturated heterocycles. The normalized spacial score (nSPS) is 18.6. The van der Waals surface area contributed by atoms with Gasteiger partial charge in [-0.2, -0.15) is 0 Å². The SMILES string of the molecule is C[C@H](CO)Nc1nc(SCc2cccc(F)c2F)nc2[nH]c(=O)c(N[C@@H]3C=C[C@H](O)C3)nc12. The van der Waals surface area contributed by atoms with Crippen LogP contribution in [0.3, 0.4) is 0 Å². The molecular weight excluding hydrogens is 454 g/mol. The van der Waals surface area contributed by atoms with E-state index in [1.54, 1.807) is 19.1 Å². The topological polar surface area (TPSA) is 136 Å². The molecule has 12 heteroatoms. The maximum atomic E-state index is 14.0. The summed E-state index contributed by atoms with van der Waals surface area (Å²) in [5.41, 5.74) is 0.0581. The molecule has 3 aromatic rings.